The molecular formula is C13H22F3NO2. The highest BCUT2D eigenvalue weighted by Gasteiger charge is 2.48. The summed E-state index contributed by atoms with van der Waals surface area (Å²) in [5, 5.41) is 0. The molecule has 0 aromatic rings. The lowest BCUT2D eigenvalue weighted by Gasteiger charge is -2.33. The van der Waals surface area contributed by atoms with Gasteiger partial charge in [0.15, 0.2) is 0 Å². The summed E-state index contributed by atoms with van der Waals surface area (Å²) in [4.78, 5) is 11.9. The molecule has 0 aromatic heterocycles. The lowest BCUT2D eigenvalue weighted by atomic mass is 9.76. The van der Waals surface area contributed by atoms with Crippen LogP contribution in [0.25, 0.3) is 0 Å². The minimum Gasteiger partial charge on any atom is -0.463 e. The van der Waals surface area contributed by atoms with Gasteiger partial charge < -0.3 is 10.5 Å². The fourth-order valence-corrected chi connectivity index (χ4v) is 2.64. The van der Waals surface area contributed by atoms with Crippen LogP contribution in [0.5, 0.6) is 0 Å². The fraction of sp³-hybridized carbons (Fsp3) is 0.923. The van der Waals surface area contributed by atoms with Crippen LogP contribution in [0, 0.1) is 11.8 Å². The van der Waals surface area contributed by atoms with E-state index in [1.165, 1.54) is 0 Å². The summed E-state index contributed by atoms with van der Waals surface area (Å²) >= 11 is 0. The maximum Gasteiger partial charge on any atom is 0.404 e. The van der Waals surface area contributed by atoms with E-state index >= 15 is 0 Å². The van der Waals surface area contributed by atoms with E-state index < -0.39 is 30.2 Å². The molecule has 0 aliphatic heterocycles. The zero-order chi connectivity index (χ0) is 14.6. The van der Waals surface area contributed by atoms with E-state index in [0.29, 0.717) is 12.8 Å². The highest BCUT2D eigenvalue weighted by molar-refractivity contribution is 5.74. The molecule has 6 heteroatoms. The van der Waals surface area contributed by atoms with Gasteiger partial charge >= 0.3 is 12.1 Å². The number of esters is 1. The zero-order valence-electron chi connectivity index (χ0n) is 11.4. The summed E-state index contributed by atoms with van der Waals surface area (Å²) in [5.41, 5.74) is 5.28. The third kappa shape index (κ3) is 4.67. The van der Waals surface area contributed by atoms with Crippen LogP contribution in [-0.4, -0.2) is 24.3 Å². The van der Waals surface area contributed by atoms with Gasteiger partial charge in [-0.25, -0.2) is 0 Å². The molecule has 0 unspecified atom stereocenters. The maximum absolute atomic E-state index is 12.8. The molecule has 0 saturated heterocycles. The Morgan fingerprint density at radius 2 is 1.74 bits per heavy atom. The van der Waals surface area contributed by atoms with Gasteiger partial charge in [0.25, 0.3) is 0 Å². The van der Waals surface area contributed by atoms with Crippen molar-refractivity contribution in [3.05, 3.63) is 0 Å². The Labute approximate surface area is 111 Å². The van der Waals surface area contributed by atoms with Gasteiger partial charge in [0, 0.05) is 0 Å². The van der Waals surface area contributed by atoms with E-state index in [4.69, 9.17) is 10.5 Å². The van der Waals surface area contributed by atoms with Crippen molar-refractivity contribution in [3.8, 4) is 0 Å². The van der Waals surface area contributed by atoms with Crippen LogP contribution in [0.4, 0.5) is 13.2 Å². The van der Waals surface area contributed by atoms with Gasteiger partial charge in [-0.15, -0.1) is 0 Å². The summed E-state index contributed by atoms with van der Waals surface area (Å²) in [5.74, 6) is -2.41. The van der Waals surface area contributed by atoms with Crippen molar-refractivity contribution in [2.45, 2.75) is 64.3 Å². The molecule has 0 amide bonds. The summed E-state index contributed by atoms with van der Waals surface area (Å²) in [6, 6.07) is -2.14. The molecule has 0 heterocycles. The van der Waals surface area contributed by atoms with Crippen molar-refractivity contribution in [1.82, 2.24) is 0 Å². The van der Waals surface area contributed by atoms with Gasteiger partial charge in [0.1, 0.15) is 6.04 Å². The molecule has 1 rings (SSSR count). The quantitative estimate of drug-likeness (QED) is 0.806. The number of alkyl halides is 3. The lowest BCUT2D eigenvalue weighted by molar-refractivity contribution is -0.184. The standard InChI is InChI=1S/C13H22F3NO2/c1-8(2)19-12(18)10(11(17)13(14,15)16)9-6-4-3-5-7-9/h8-11H,3-7,17H2,1-2H3/t10-,11-/m1/s1. The third-order valence-corrected chi connectivity index (χ3v) is 3.55. The van der Waals surface area contributed by atoms with Gasteiger partial charge in [0.2, 0.25) is 0 Å². The van der Waals surface area contributed by atoms with Crippen LogP contribution in [0.15, 0.2) is 0 Å². The van der Waals surface area contributed by atoms with Crippen molar-refractivity contribution in [3.63, 3.8) is 0 Å². The highest BCUT2D eigenvalue weighted by atomic mass is 19.4. The third-order valence-electron chi connectivity index (χ3n) is 3.55. The van der Waals surface area contributed by atoms with Gasteiger partial charge in [-0.1, -0.05) is 19.3 Å². The van der Waals surface area contributed by atoms with Crippen LogP contribution in [0.1, 0.15) is 46.0 Å². The largest absolute Gasteiger partial charge is 0.463 e. The summed E-state index contributed by atoms with van der Waals surface area (Å²) in [7, 11) is 0. The van der Waals surface area contributed by atoms with E-state index in [0.717, 1.165) is 19.3 Å². The number of carbonyl (C=O) groups is 1. The minimum absolute atomic E-state index is 0.323. The van der Waals surface area contributed by atoms with E-state index in [2.05, 4.69) is 0 Å². The van der Waals surface area contributed by atoms with Crippen LogP contribution in [0.3, 0.4) is 0 Å². The first-order valence-corrected chi connectivity index (χ1v) is 6.76. The summed E-state index contributed by atoms with van der Waals surface area (Å²) in [6.45, 7) is 3.24. The van der Waals surface area contributed by atoms with Crippen LogP contribution in [0.2, 0.25) is 0 Å². The van der Waals surface area contributed by atoms with Gasteiger partial charge in [-0.05, 0) is 32.6 Å². The van der Waals surface area contributed by atoms with E-state index in [1.807, 2.05) is 0 Å². The molecule has 0 aromatic carbocycles. The van der Waals surface area contributed by atoms with Crippen molar-refractivity contribution < 1.29 is 22.7 Å². The Kier molecular flexibility index (Phi) is 5.64. The summed E-state index contributed by atoms with van der Waals surface area (Å²) < 4.78 is 43.4. The molecule has 1 saturated carbocycles. The normalized spacial score (nSPS) is 21.2. The number of hydrogen-bond acceptors (Lipinski definition) is 3. The Morgan fingerprint density at radius 3 is 2.16 bits per heavy atom. The molecule has 112 valence electrons. The zero-order valence-corrected chi connectivity index (χ0v) is 11.4. The maximum atomic E-state index is 12.8. The molecule has 0 radical (unpaired) electrons. The number of rotatable bonds is 4. The van der Waals surface area contributed by atoms with E-state index in [1.54, 1.807) is 13.8 Å². The predicted molar refractivity (Wildman–Crippen MR) is 65.3 cm³/mol. The van der Waals surface area contributed by atoms with Gasteiger partial charge in [-0.2, -0.15) is 13.2 Å². The first-order valence-electron chi connectivity index (χ1n) is 6.76. The van der Waals surface area contributed by atoms with Crippen molar-refractivity contribution in [2.24, 2.45) is 17.6 Å². The molecule has 19 heavy (non-hydrogen) atoms. The first-order chi connectivity index (χ1) is 8.73. The molecule has 1 aliphatic carbocycles. The van der Waals surface area contributed by atoms with Crippen molar-refractivity contribution in [1.29, 1.82) is 0 Å². The van der Waals surface area contributed by atoms with Crippen LogP contribution in [-0.2, 0) is 9.53 Å². The van der Waals surface area contributed by atoms with Gasteiger partial charge in [0.05, 0.1) is 12.0 Å². The smallest absolute Gasteiger partial charge is 0.404 e. The molecule has 0 bridgehead atoms. The number of ether oxygens (including phenoxy) is 1. The van der Waals surface area contributed by atoms with Gasteiger partial charge in [-0.3, -0.25) is 4.79 Å². The highest BCUT2D eigenvalue weighted by Crippen LogP contribution is 2.36. The van der Waals surface area contributed by atoms with Crippen molar-refractivity contribution in [2.75, 3.05) is 0 Å². The molecule has 1 aliphatic rings. The monoisotopic (exact) mass is 281 g/mol. The summed E-state index contributed by atoms with van der Waals surface area (Å²) in [6.07, 6.45) is -1.08. The number of carbonyl (C=O) groups excluding carboxylic acids is 1. The van der Waals surface area contributed by atoms with E-state index in [9.17, 15) is 18.0 Å². The topological polar surface area (TPSA) is 52.3 Å². The van der Waals surface area contributed by atoms with Crippen LogP contribution < -0.4 is 5.73 Å². The average molecular weight is 281 g/mol. The molecule has 2 atom stereocenters. The first kappa shape index (κ1) is 16.3. The number of halogens is 3. The Balaban J connectivity index is 2.86. The Hall–Kier alpha value is -0.780. The second-order valence-electron chi connectivity index (χ2n) is 5.48. The predicted octanol–water partition coefficient (Wildman–Crippen LogP) is 3.02. The number of hydrogen-bond donors (Lipinski definition) is 1. The average Bonchev–Trinajstić information content (AvgIpc) is 2.28. The lowest BCUT2D eigenvalue weighted by Crippen LogP contribution is -2.51. The Bertz CT molecular complexity index is 299. The van der Waals surface area contributed by atoms with E-state index in [-0.39, 0.29) is 5.92 Å². The Morgan fingerprint density at radius 1 is 1.21 bits per heavy atom. The second kappa shape index (κ2) is 6.59. The van der Waals surface area contributed by atoms with Crippen LogP contribution >= 0.6 is 0 Å². The molecule has 2 N–H and O–H groups in total. The SMILES string of the molecule is CC(C)OC(=O)[C@H](C1CCCCC1)[C@@H](N)C(F)(F)F. The molecule has 3 nitrogen and oxygen atoms in total. The fourth-order valence-electron chi connectivity index (χ4n) is 2.64. The molecule has 0 spiro atoms. The second-order valence-corrected chi connectivity index (χ2v) is 5.48. The molecular weight excluding hydrogens is 259 g/mol. The minimum atomic E-state index is -4.57. The molecule has 1 fully saturated rings. The number of nitrogens with two attached hydrogens (primary N) is 1. The van der Waals surface area contributed by atoms with Crippen molar-refractivity contribution >= 4 is 5.97 Å².